The van der Waals surface area contributed by atoms with Crippen molar-refractivity contribution in [2.24, 2.45) is 0 Å². The number of nitrogens with zero attached hydrogens (tertiary/aromatic N) is 3. The maximum atomic E-state index is 6.19. The van der Waals surface area contributed by atoms with Gasteiger partial charge in [-0.1, -0.05) is 57.5 Å². The molecule has 25 heavy (non-hydrogen) atoms. The number of aromatic nitrogens is 3. The van der Waals surface area contributed by atoms with Crippen LogP contribution < -0.4 is 10.1 Å². The molecule has 0 bridgehead atoms. The monoisotopic (exact) mass is 414 g/mol. The van der Waals surface area contributed by atoms with E-state index in [-0.39, 0.29) is 6.23 Å². The Balaban J connectivity index is 1.87. The van der Waals surface area contributed by atoms with E-state index in [0.29, 0.717) is 16.7 Å². The van der Waals surface area contributed by atoms with E-state index in [1.165, 1.54) is 17.3 Å². The summed E-state index contributed by atoms with van der Waals surface area (Å²) in [5.74, 6) is 0.481. The van der Waals surface area contributed by atoms with Crippen LogP contribution in [-0.4, -0.2) is 21.4 Å². The highest BCUT2D eigenvalue weighted by Crippen LogP contribution is 2.40. The first-order chi connectivity index (χ1) is 12.1. The lowest BCUT2D eigenvalue weighted by atomic mass is 10.1. The Bertz CT molecular complexity index is 933. The first-order valence-electron chi connectivity index (χ1n) is 7.72. The van der Waals surface area contributed by atoms with Gasteiger partial charge in [0.2, 0.25) is 11.0 Å². The minimum absolute atomic E-state index is 0.354. The molecular formula is C18H15BrN4OS. The van der Waals surface area contributed by atoms with Crippen molar-refractivity contribution in [1.29, 1.82) is 0 Å². The van der Waals surface area contributed by atoms with Gasteiger partial charge in [0, 0.05) is 21.3 Å². The molecule has 5 nitrogen and oxygen atoms in total. The molecule has 1 atom stereocenters. The zero-order valence-corrected chi connectivity index (χ0v) is 16.1. The molecule has 0 saturated heterocycles. The number of hydrogen-bond donors (Lipinski definition) is 1. The molecule has 0 amide bonds. The molecule has 126 valence electrons. The zero-order valence-electron chi connectivity index (χ0n) is 13.7. The lowest BCUT2D eigenvalue weighted by molar-refractivity contribution is 0.225. The SMILES string of the molecule is CSc1nnc2c(n1)OC(c1ccc(C)cc1)Nc1ccc(Br)cc1-2. The van der Waals surface area contributed by atoms with Gasteiger partial charge in [0.15, 0.2) is 11.9 Å². The minimum Gasteiger partial charge on any atom is -0.448 e. The van der Waals surface area contributed by atoms with Crippen LogP contribution in [0.1, 0.15) is 17.4 Å². The van der Waals surface area contributed by atoms with Crippen molar-refractivity contribution in [3.8, 4) is 17.1 Å². The van der Waals surface area contributed by atoms with Crippen molar-refractivity contribution >= 4 is 33.4 Å². The van der Waals surface area contributed by atoms with Crippen LogP contribution in [0.4, 0.5) is 5.69 Å². The smallest absolute Gasteiger partial charge is 0.247 e. The maximum absolute atomic E-state index is 6.19. The van der Waals surface area contributed by atoms with E-state index in [0.717, 1.165) is 21.3 Å². The van der Waals surface area contributed by atoms with Crippen LogP contribution >= 0.6 is 27.7 Å². The highest BCUT2D eigenvalue weighted by atomic mass is 79.9. The number of halogens is 1. The number of hydrogen-bond acceptors (Lipinski definition) is 6. The molecule has 7 heteroatoms. The van der Waals surface area contributed by atoms with Gasteiger partial charge in [0.25, 0.3) is 0 Å². The fraction of sp³-hybridized carbons (Fsp3) is 0.167. The van der Waals surface area contributed by atoms with Crippen LogP contribution in [0.5, 0.6) is 5.88 Å². The maximum Gasteiger partial charge on any atom is 0.247 e. The van der Waals surface area contributed by atoms with Gasteiger partial charge in [0.05, 0.1) is 0 Å². The number of ether oxygens (including phenoxy) is 1. The molecule has 1 aliphatic heterocycles. The molecule has 0 radical (unpaired) electrons. The normalized spacial score (nSPS) is 15.4. The lowest BCUT2D eigenvalue weighted by Gasteiger charge is -2.19. The molecule has 1 N–H and O–H groups in total. The van der Waals surface area contributed by atoms with E-state index >= 15 is 0 Å². The molecule has 2 aromatic carbocycles. The zero-order chi connectivity index (χ0) is 17.4. The number of benzene rings is 2. The molecule has 1 aliphatic rings. The van der Waals surface area contributed by atoms with Gasteiger partial charge >= 0.3 is 0 Å². The number of nitrogens with one attached hydrogen (secondary N) is 1. The van der Waals surface area contributed by atoms with Crippen molar-refractivity contribution in [3.05, 3.63) is 58.1 Å². The average molecular weight is 415 g/mol. The molecule has 0 saturated carbocycles. The van der Waals surface area contributed by atoms with Crippen LogP contribution in [0.3, 0.4) is 0 Å². The van der Waals surface area contributed by atoms with E-state index in [4.69, 9.17) is 4.74 Å². The summed E-state index contributed by atoms with van der Waals surface area (Å²) >= 11 is 4.96. The summed E-state index contributed by atoms with van der Waals surface area (Å²) in [6.45, 7) is 2.06. The third kappa shape index (κ3) is 3.21. The minimum atomic E-state index is -0.354. The van der Waals surface area contributed by atoms with E-state index in [1.807, 2.05) is 24.5 Å². The molecule has 0 spiro atoms. The highest BCUT2D eigenvalue weighted by Gasteiger charge is 2.26. The molecule has 1 aromatic heterocycles. The van der Waals surface area contributed by atoms with E-state index in [1.54, 1.807) is 0 Å². The summed E-state index contributed by atoms with van der Waals surface area (Å²) in [7, 11) is 0. The molecule has 2 heterocycles. The Morgan fingerprint density at radius 3 is 2.68 bits per heavy atom. The van der Waals surface area contributed by atoms with Gasteiger partial charge in [0.1, 0.15) is 0 Å². The fourth-order valence-electron chi connectivity index (χ4n) is 2.65. The van der Waals surface area contributed by atoms with Gasteiger partial charge < -0.3 is 10.1 Å². The Hall–Kier alpha value is -2.12. The van der Waals surface area contributed by atoms with Crippen LogP contribution in [0.25, 0.3) is 11.3 Å². The van der Waals surface area contributed by atoms with Crippen molar-refractivity contribution in [1.82, 2.24) is 15.2 Å². The number of aryl methyl sites for hydroxylation is 1. The van der Waals surface area contributed by atoms with E-state index in [9.17, 15) is 0 Å². The lowest BCUT2D eigenvalue weighted by Crippen LogP contribution is -2.17. The Labute approximate surface area is 158 Å². The summed E-state index contributed by atoms with van der Waals surface area (Å²) in [6.07, 6.45) is 1.56. The van der Waals surface area contributed by atoms with Crippen molar-refractivity contribution < 1.29 is 4.74 Å². The van der Waals surface area contributed by atoms with Crippen molar-refractivity contribution in [2.45, 2.75) is 18.3 Å². The number of thioether (sulfide) groups is 1. The van der Waals surface area contributed by atoms with Gasteiger partial charge in [-0.05, 0) is 31.4 Å². The molecule has 1 unspecified atom stereocenters. The molecule has 0 fully saturated rings. The third-order valence-corrected chi connectivity index (χ3v) is 4.98. The topological polar surface area (TPSA) is 59.9 Å². The van der Waals surface area contributed by atoms with Crippen LogP contribution in [0.2, 0.25) is 0 Å². The third-order valence-electron chi connectivity index (χ3n) is 3.95. The summed E-state index contributed by atoms with van der Waals surface area (Å²) in [5.41, 5.74) is 4.70. The van der Waals surface area contributed by atoms with Gasteiger partial charge in [-0.3, -0.25) is 0 Å². The summed E-state index contributed by atoms with van der Waals surface area (Å²) < 4.78 is 7.16. The molecule has 4 rings (SSSR count). The van der Waals surface area contributed by atoms with Crippen molar-refractivity contribution in [2.75, 3.05) is 11.6 Å². The highest BCUT2D eigenvalue weighted by molar-refractivity contribution is 9.10. The predicted octanol–water partition coefficient (Wildman–Crippen LogP) is 4.83. The first-order valence-corrected chi connectivity index (χ1v) is 9.74. The van der Waals surface area contributed by atoms with Gasteiger partial charge in [-0.15, -0.1) is 10.2 Å². The second kappa shape index (κ2) is 6.65. The molecule has 3 aromatic rings. The number of anilines is 1. The quantitative estimate of drug-likeness (QED) is 0.605. The summed E-state index contributed by atoms with van der Waals surface area (Å²) in [4.78, 5) is 4.53. The Morgan fingerprint density at radius 1 is 1.12 bits per heavy atom. The summed E-state index contributed by atoms with van der Waals surface area (Å²) in [5, 5.41) is 12.6. The largest absolute Gasteiger partial charge is 0.448 e. The predicted molar refractivity (Wildman–Crippen MR) is 103 cm³/mol. The second-order valence-corrected chi connectivity index (χ2v) is 7.38. The van der Waals surface area contributed by atoms with Crippen LogP contribution in [0.15, 0.2) is 52.1 Å². The Kier molecular flexibility index (Phi) is 4.35. The molecule has 0 aliphatic carbocycles. The second-order valence-electron chi connectivity index (χ2n) is 5.70. The van der Waals surface area contributed by atoms with Crippen LogP contribution in [-0.2, 0) is 0 Å². The summed E-state index contributed by atoms with van der Waals surface area (Å²) in [6, 6.07) is 14.2. The number of fused-ring (bicyclic) bond motifs is 3. The standard InChI is InChI=1S/C18H15BrN4OS/c1-10-3-5-11(6-4-10)16-20-14-8-7-12(19)9-13(14)15-17(24-16)21-18(25-2)23-22-15/h3-9,16,20H,1-2H3. The van der Waals surface area contributed by atoms with Gasteiger partial charge in [-0.25, -0.2) is 0 Å². The van der Waals surface area contributed by atoms with E-state index < -0.39 is 0 Å². The number of rotatable bonds is 2. The Morgan fingerprint density at radius 2 is 1.92 bits per heavy atom. The van der Waals surface area contributed by atoms with Crippen LogP contribution in [0, 0.1) is 6.92 Å². The van der Waals surface area contributed by atoms with Gasteiger partial charge in [-0.2, -0.15) is 4.98 Å². The van der Waals surface area contributed by atoms with E-state index in [2.05, 4.69) is 67.6 Å². The van der Waals surface area contributed by atoms with Crippen molar-refractivity contribution in [3.63, 3.8) is 0 Å². The molecular weight excluding hydrogens is 400 g/mol. The average Bonchev–Trinajstić information content (AvgIpc) is 2.78. The first kappa shape index (κ1) is 16.4. The fourth-order valence-corrected chi connectivity index (χ4v) is 3.31.